The van der Waals surface area contributed by atoms with Gasteiger partial charge in [0.05, 0.1) is 0 Å². The maximum absolute atomic E-state index is 9.01. The van der Waals surface area contributed by atoms with Crippen molar-refractivity contribution in [2.75, 3.05) is 31.2 Å². The SMILES string of the molecule is CCSCC(C)N1CCC(CO)C1. The number of aliphatic hydroxyl groups is 1. The summed E-state index contributed by atoms with van der Waals surface area (Å²) < 4.78 is 0. The van der Waals surface area contributed by atoms with Gasteiger partial charge in [-0.2, -0.15) is 11.8 Å². The average molecular weight is 203 g/mol. The molecule has 2 atom stereocenters. The Balaban J connectivity index is 2.20. The number of hydrogen-bond acceptors (Lipinski definition) is 3. The van der Waals surface area contributed by atoms with Gasteiger partial charge in [0.2, 0.25) is 0 Å². The van der Waals surface area contributed by atoms with E-state index in [0.717, 1.165) is 6.54 Å². The molecule has 2 nitrogen and oxygen atoms in total. The molecule has 0 aromatic carbocycles. The predicted molar refractivity (Wildman–Crippen MR) is 59.2 cm³/mol. The first-order chi connectivity index (χ1) is 6.27. The van der Waals surface area contributed by atoms with E-state index in [1.165, 1.54) is 24.5 Å². The molecule has 3 heteroatoms. The van der Waals surface area contributed by atoms with Crippen LogP contribution in [0.4, 0.5) is 0 Å². The van der Waals surface area contributed by atoms with Gasteiger partial charge < -0.3 is 5.11 Å². The second-order valence-corrected chi connectivity index (χ2v) is 5.16. The van der Waals surface area contributed by atoms with Crippen LogP contribution in [0.15, 0.2) is 0 Å². The van der Waals surface area contributed by atoms with E-state index >= 15 is 0 Å². The van der Waals surface area contributed by atoms with E-state index in [-0.39, 0.29) is 0 Å². The van der Waals surface area contributed by atoms with Crippen molar-refractivity contribution in [1.82, 2.24) is 4.90 Å². The Hall–Kier alpha value is 0.270. The fraction of sp³-hybridized carbons (Fsp3) is 1.00. The normalized spacial score (nSPS) is 26.5. The lowest BCUT2D eigenvalue weighted by molar-refractivity contribution is 0.210. The van der Waals surface area contributed by atoms with Crippen molar-refractivity contribution in [1.29, 1.82) is 0 Å². The number of thioether (sulfide) groups is 1. The zero-order chi connectivity index (χ0) is 9.68. The van der Waals surface area contributed by atoms with Crippen molar-refractivity contribution in [3.8, 4) is 0 Å². The first-order valence-electron chi connectivity index (χ1n) is 5.20. The maximum Gasteiger partial charge on any atom is 0.0471 e. The van der Waals surface area contributed by atoms with E-state index in [1.807, 2.05) is 11.8 Å². The fourth-order valence-electron chi connectivity index (χ4n) is 1.81. The first-order valence-corrected chi connectivity index (χ1v) is 6.36. The molecular weight excluding hydrogens is 182 g/mol. The van der Waals surface area contributed by atoms with Crippen molar-refractivity contribution in [2.24, 2.45) is 5.92 Å². The molecular formula is C10H21NOS. The standard InChI is InChI=1S/C10H21NOS/c1-3-13-8-9(2)11-5-4-10(6-11)7-12/h9-10,12H,3-8H2,1-2H3. The molecule has 1 aliphatic heterocycles. The summed E-state index contributed by atoms with van der Waals surface area (Å²) in [6.07, 6.45) is 1.18. The second-order valence-electron chi connectivity index (χ2n) is 3.84. The lowest BCUT2D eigenvalue weighted by Gasteiger charge is -2.23. The predicted octanol–water partition coefficient (Wildman–Crippen LogP) is 1.44. The van der Waals surface area contributed by atoms with Crippen molar-refractivity contribution in [3.05, 3.63) is 0 Å². The molecule has 0 amide bonds. The van der Waals surface area contributed by atoms with Gasteiger partial charge in [0.25, 0.3) is 0 Å². The second kappa shape index (κ2) is 5.89. The molecule has 1 heterocycles. The minimum Gasteiger partial charge on any atom is -0.396 e. The third-order valence-electron chi connectivity index (χ3n) is 2.76. The van der Waals surface area contributed by atoms with Gasteiger partial charge in [-0.15, -0.1) is 0 Å². The van der Waals surface area contributed by atoms with Gasteiger partial charge in [-0.25, -0.2) is 0 Å². The summed E-state index contributed by atoms with van der Waals surface area (Å²) in [5.41, 5.74) is 0. The van der Waals surface area contributed by atoms with Crippen LogP contribution in [0.2, 0.25) is 0 Å². The Bertz CT molecular complexity index is 143. The Morgan fingerprint density at radius 2 is 2.38 bits per heavy atom. The molecule has 0 aliphatic carbocycles. The Morgan fingerprint density at radius 3 is 2.92 bits per heavy atom. The van der Waals surface area contributed by atoms with Crippen molar-refractivity contribution in [2.45, 2.75) is 26.3 Å². The first kappa shape index (κ1) is 11.3. The number of aliphatic hydroxyl groups excluding tert-OH is 1. The van der Waals surface area contributed by atoms with Crippen LogP contribution < -0.4 is 0 Å². The van der Waals surface area contributed by atoms with Gasteiger partial charge in [-0.05, 0) is 31.6 Å². The number of nitrogens with zero attached hydrogens (tertiary/aromatic N) is 1. The highest BCUT2D eigenvalue weighted by atomic mass is 32.2. The zero-order valence-corrected chi connectivity index (χ0v) is 9.52. The van der Waals surface area contributed by atoms with E-state index in [4.69, 9.17) is 5.11 Å². The molecule has 0 radical (unpaired) electrons. The van der Waals surface area contributed by atoms with Gasteiger partial charge in [0, 0.05) is 24.9 Å². The Morgan fingerprint density at radius 1 is 1.62 bits per heavy atom. The van der Waals surface area contributed by atoms with Gasteiger partial charge in [0.15, 0.2) is 0 Å². The highest BCUT2D eigenvalue weighted by Gasteiger charge is 2.24. The minimum atomic E-state index is 0.365. The molecule has 0 bridgehead atoms. The van der Waals surface area contributed by atoms with E-state index < -0.39 is 0 Å². The molecule has 13 heavy (non-hydrogen) atoms. The minimum absolute atomic E-state index is 0.365. The largest absolute Gasteiger partial charge is 0.396 e. The third-order valence-corrected chi connectivity index (χ3v) is 3.89. The smallest absolute Gasteiger partial charge is 0.0471 e. The van der Waals surface area contributed by atoms with Crippen molar-refractivity contribution in [3.63, 3.8) is 0 Å². The van der Waals surface area contributed by atoms with Crippen molar-refractivity contribution < 1.29 is 5.11 Å². The van der Waals surface area contributed by atoms with Crippen LogP contribution in [-0.4, -0.2) is 47.3 Å². The van der Waals surface area contributed by atoms with E-state index in [2.05, 4.69) is 18.7 Å². The molecule has 1 saturated heterocycles. The summed E-state index contributed by atoms with van der Waals surface area (Å²) in [6.45, 7) is 7.14. The topological polar surface area (TPSA) is 23.5 Å². The van der Waals surface area contributed by atoms with Gasteiger partial charge in [-0.3, -0.25) is 4.90 Å². The summed E-state index contributed by atoms with van der Waals surface area (Å²) in [5, 5.41) is 9.01. The molecule has 0 spiro atoms. The van der Waals surface area contributed by atoms with Crippen LogP contribution in [0, 0.1) is 5.92 Å². The van der Waals surface area contributed by atoms with E-state index in [1.54, 1.807) is 0 Å². The number of likely N-dealkylation sites (tertiary alicyclic amines) is 1. The van der Waals surface area contributed by atoms with Crippen LogP contribution in [0.25, 0.3) is 0 Å². The highest BCUT2D eigenvalue weighted by Crippen LogP contribution is 2.19. The highest BCUT2D eigenvalue weighted by molar-refractivity contribution is 7.99. The Kier molecular flexibility index (Phi) is 5.14. The van der Waals surface area contributed by atoms with Crippen LogP contribution in [0.1, 0.15) is 20.3 Å². The summed E-state index contributed by atoms with van der Waals surface area (Å²) >= 11 is 2.01. The summed E-state index contributed by atoms with van der Waals surface area (Å²) in [6, 6.07) is 0.682. The summed E-state index contributed by atoms with van der Waals surface area (Å²) in [5.74, 6) is 2.98. The number of rotatable bonds is 5. The maximum atomic E-state index is 9.01. The van der Waals surface area contributed by atoms with Crippen molar-refractivity contribution >= 4 is 11.8 Å². The van der Waals surface area contributed by atoms with E-state index in [0.29, 0.717) is 18.6 Å². The van der Waals surface area contributed by atoms with Gasteiger partial charge >= 0.3 is 0 Å². The lowest BCUT2D eigenvalue weighted by Crippen LogP contribution is -2.33. The molecule has 0 aromatic heterocycles. The molecule has 78 valence electrons. The van der Waals surface area contributed by atoms with Crippen LogP contribution in [0.5, 0.6) is 0 Å². The Labute approximate surface area is 85.7 Å². The molecule has 1 aliphatic rings. The third kappa shape index (κ3) is 3.49. The molecule has 0 aromatic rings. The molecule has 1 fully saturated rings. The van der Waals surface area contributed by atoms with E-state index in [9.17, 15) is 0 Å². The quantitative estimate of drug-likeness (QED) is 0.731. The van der Waals surface area contributed by atoms with Crippen LogP contribution >= 0.6 is 11.8 Å². The lowest BCUT2D eigenvalue weighted by atomic mass is 10.1. The number of hydrogen-bond donors (Lipinski definition) is 1. The molecule has 1 N–H and O–H groups in total. The molecule has 2 unspecified atom stereocenters. The van der Waals surface area contributed by atoms with Crippen LogP contribution in [-0.2, 0) is 0 Å². The monoisotopic (exact) mass is 203 g/mol. The van der Waals surface area contributed by atoms with Gasteiger partial charge in [-0.1, -0.05) is 6.92 Å². The molecule has 1 rings (SSSR count). The van der Waals surface area contributed by atoms with Gasteiger partial charge in [0.1, 0.15) is 0 Å². The summed E-state index contributed by atoms with van der Waals surface area (Å²) in [7, 11) is 0. The fourth-order valence-corrected chi connectivity index (χ4v) is 2.59. The van der Waals surface area contributed by atoms with Crippen LogP contribution in [0.3, 0.4) is 0 Å². The molecule has 0 saturated carbocycles. The zero-order valence-electron chi connectivity index (χ0n) is 8.70. The average Bonchev–Trinajstić information content (AvgIpc) is 2.62. The summed E-state index contributed by atoms with van der Waals surface area (Å²) in [4.78, 5) is 2.50.